The van der Waals surface area contributed by atoms with Crippen LogP contribution in [-0.4, -0.2) is 17.9 Å². The van der Waals surface area contributed by atoms with Crippen molar-refractivity contribution >= 4 is 17.4 Å². The number of anilines is 2. The van der Waals surface area contributed by atoms with Crippen LogP contribution < -0.4 is 10.6 Å². The van der Waals surface area contributed by atoms with E-state index >= 15 is 0 Å². The molecule has 0 unspecified atom stereocenters. The van der Waals surface area contributed by atoms with Crippen LogP contribution in [0.4, 0.5) is 20.3 Å². The van der Waals surface area contributed by atoms with Crippen LogP contribution >= 0.6 is 0 Å². The molecule has 0 bridgehead atoms. The van der Waals surface area contributed by atoms with Crippen molar-refractivity contribution in [3.8, 4) is 0 Å². The van der Waals surface area contributed by atoms with Gasteiger partial charge in [-0.3, -0.25) is 4.79 Å². The Hall–Kier alpha value is -2.50. The van der Waals surface area contributed by atoms with Crippen molar-refractivity contribution in [3.63, 3.8) is 0 Å². The molecule has 2 N–H and O–H groups in total. The third kappa shape index (κ3) is 2.52. The number of hydrogen-bond donors (Lipinski definition) is 1. The molecule has 0 atom stereocenters. The number of nitrogens with two attached hydrogens (primary N) is 1. The SMILES string of the molecule is CN(C(=O)c1ccnc(N)c1F)c1ccc(F)cc1. The lowest BCUT2D eigenvalue weighted by Gasteiger charge is -2.17. The van der Waals surface area contributed by atoms with Crippen LogP contribution in [0.5, 0.6) is 0 Å². The molecule has 1 aromatic heterocycles. The molecule has 19 heavy (non-hydrogen) atoms. The Labute approximate surface area is 108 Å². The molecule has 2 rings (SSSR count). The molecular weight excluding hydrogens is 252 g/mol. The Morgan fingerprint density at radius 1 is 1.21 bits per heavy atom. The maximum absolute atomic E-state index is 13.7. The molecule has 1 heterocycles. The highest BCUT2D eigenvalue weighted by molar-refractivity contribution is 6.06. The highest BCUT2D eigenvalue weighted by Crippen LogP contribution is 2.19. The normalized spacial score (nSPS) is 10.3. The number of carbonyl (C=O) groups excluding carboxylic acids is 1. The number of pyridine rings is 1. The Bertz CT molecular complexity index is 614. The van der Waals surface area contributed by atoms with Crippen LogP contribution in [0, 0.1) is 11.6 Å². The molecule has 0 saturated carbocycles. The Morgan fingerprint density at radius 2 is 1.84 bits per heavy atom. The van der Waals surface area contributed by atoms with Crippen LogP contribution in [0.2, 0.25) is 0 Å². The molecule has 0 aliphatic rings. The summed E-state index contributed by atoms with van der Waals surface area (Å²) in [6.07, 6.45) is 1.25. The van der Waals surface area contributed by atoms with Gasteiger partial charge in [-0.2, -0.15) is 0 Å². The first-order chi connectivity index (χ1) is 9.00. The number of benzene rings is 1. The van der Waals surface area contributed by atoms with Crippen LogP contribution in [0.1, 0.15) is 10.4 Å². The monoisotopic (exact) mass is 263 g/mol. The molecule has 0 saturated heterocycles. The standard InChI is InChI=1S/C13H11F2N3O/c1-18(9-4-2-8(14)3-5-9)13(19)10-6-7-17-12(16)11(10)15/h2-7H,1H3,(H2,16,17). The van der Waals surface area contributed by atoms with Gasteiger partial charge in [0.15, 0.2) is 11.6 Å². The van der Waals surface area contributed by atoms with Gasteiger partial charge in [-0.25, -0.2) is 13.8 Å². The summed E-state index contributed by atoms with van der Waals surface area (Å²) < 4.78 is 26.5. The zero-order valence-corrected chi connectivity index (χ0v) is 10.1. The van der Waals surface area contributed by atoms with E-state index in [2.05, 4.69) is 4.98 Å². The number of nitrogen functional groups attached to an aromatic ring is 1. The minimum Gasteiger partial charge on any atom is -0.381 e. The van der Waals surface area contributed by atoms with E-state index in [0.29, 0.717) is 5.69 Å². The number of aromatic nitrogens is 1. The van der Waals surface area contributed by atoms with Crippen molar-refractivity contribution in [2.24, 2.45) is 0 Å². The van der Waals surface area contributed by atoms with E-state index in [0.717, 1.165) is 0 Å². The van der Waals surface area contributed by atoms with Gasteiger partial charge in [0.2, 0.25) is 0 Å². The van der Waals surface area contributed by atoms with Crippen LogP contribution in [0.3, 0.4) is 0 Å². The molecule has 0 radical (unpaired) electrons. The topological polar surface area (TPSA) is 59.2 Å². The van der Waals surface area contributed by atoms with Crippen LogP contribution in [-0.2, 0) is 0 Å². The second-order valence-electron chi connectivity index (χ2n) is 3.90. The Balaban J connectivity index is 2.33. The maximum Gasteiger partial charge on any atom is 0.261 e. The van der Waals surface area contributed by atoms with E-state index in [1.807, 2.05) is 0 Å². The number of amides is 1. The van der Waals surface area contributed by atoms with Crippen molar-refractivity contribution in [1.82, 2.24) is 4.98 Å². The van der Waals surface area contributed by atoms with Crippen molar-refractivity contribution in [3.05, 3.63) is 53.7 Å². The highest BCUT2D eigenvalue weighted by atomic mass is 19.1. The van der Waals surface area contributed by atoms with Crippen molar-refractivity contribution in [2.75, 3.05) is 17.7 Å². The molecule has 98 valence electrons. The summed E-state index contributed by atoms with van der Waals surface area (Å²) in [5, 5.41) is 0. The summed E-state index contributed by atoms with van der Waals surface area (Å²) in [4.78, 5) is 16.9. The molecule has 0 spiro atoms. The lowest BCUT2D eigenvalue weighted by Crippen LogP contribution is -2.27. The second kappa shape index (κ2) is 5.01. The number of carbonyl (C=O) groups is 1. The number of hydrogen-bond acceptors (Lipinski definition) is 3. The molecule has 0 aliphatic heterocycles. The van der Waals surface area contributed by atoms with E-state index in [-0.39, 0.29) is 11.4 Å². The molecule has 1 aromatic carbocycles. The lowest BCUT2D eigenvalue weighted by molar-refractivity contribution is 0.0989. The van der Waals surface area contributed by atoms with Gasteiger partial charge >= 0.3 is 0 Å². The fourth-order valence-corrected chi connectivity index (χ4v) is 1.59. The first-order valence-corrected chi connectivity index (χ1v) is 5.44. The summed E-state index contributed by atoms with van der Waals surface area (Å²) in [7, 11) is 1.46. The highest BCUT2D eigenvalue weighted by Gasteiger charge is 2.19. The lowest BCUT2D eigenvalue weighted by atomic mass is 10.2. The molecule has 6 heteroatoms. The van der Waals surface area contributed by atoms with Gasteiger partial charge in [0, 0.05) is 18.9 Å². The molecule has 0 fully saturated rings. The van der Waals surface area contributed by atoms with Crippen LogP contribution in [0.25, 0.3) is 0 Å². The van der Waals surface area contributed by atoms with Crippen molar-refractivity contribution < 1.29 is 13.6 Å². The molecule has 2 aromatic rings. The summed E-state index contributed by atoms with van der Waals surface area (Å²) in [5.41, 5.74) is 5.58. The molecular formula is C13H11F2N3O. The zero-order chi connectivity index (χ0) is 14.0. The largest absolute Gasteiger partial charge is 0.381 e. The Kier molecular flexibility index (Phi) is 3.41. The summed E-state index contributed by atoms with van der Waals surface area (Å²) in [6, 6.07) is 6.53. The first kappa shape index (κ1) is 12.9. The first-order valence-electron chi connectivity index (χ1n) is 5.44. The van der Waals surface area contributed by atoms with Gasteiger partial charge in [0.05, 0.1) is 5.56 Å². The molecule has 0 aliphatic carbocycles. The fraction of sp³-hybridized carbons (Fsp3) is 0.0769. The minimum atomic E-state index is -0.860. The molecule has 4 nitrogen and oxygen atoms in total. The summed E-state index contributed by atoms with van der Waals surface area (Å²) in [6.45, 7) is 0. The summed E-state index contributed by atoms with van der Waals surface area (Å²) in [5.74, 6) is -2.19. The number of halogens is 2. The van der Waals surface area contributed by atoms with Gasteiger partial charge in [0.1, 0.15) is 5.82 Å². The van der Waals surface area contributed by atoms with Gasteiger partial charge in [-0.05, 0) is 30.3 Å². The third-order valence-electron chi connectivity index (χ3n) is 2.67. The molecule has 1 amide bonds. The minimum absolute atomic E-state index is 0.181. The zero-order valence-electron chi connectivity index (χ0n) is 10.1. The van der Waals surface area contributed by atoms with E-state index in [4.69, 9.17) is 5.73 Å². The summed E-state index contributed by atoms with van der Waals surface area (Å²) >= 11 is 0. The maximum atomic E-state index is 13.7. The predicted molar refractivity (Wildman–Crippen MR) is 67.7 cm³/mol. The van der Waals surface area contributed by atoms with Gasteiger partial charge in [-0.15, -0.1) is 0 Å². The van der Waals surface area contributed by atoms with Gasteiger partial charge in [-0.1, -0.05) is 0 Å². The second-order valence-corrected chi connectivity index (χ2v) is 3.90. The smallest absolute Gasteiger partial charge is 0.261 e. The van der Waals surface area contributed by atoms with E-state index in [1.165, 1.54) is 48.5 Å². The average molecular weight is 263 g/mol. The predicted octanol–water partition coefficient (Wildman–Crippen LogP) is 2.22. The van der Waals surface area contributed by atoms with Crippen molar-refractivity contribution in [2.45, 2.75) is 0 Å². The number of nitrogens with zero attached hydrogens (tertiary/aromatic N) is 2. The van der Waals surface area contributed by atoms with E-state index in [1.54, 1.807) is 0 Å². The van der Waals surface area contributed by atoms with E-state index in [9.17, 15) is 13.6 Å². The quantitative estimate of drug-likeness (QED) is 0.903. The fourth-order valence-electron chi connectivity index (χ4n) is 1.59. The Morgan fingerprint density at radius 3 is 2.47 bits per heavy atom. The van der Waals surface area contributed by atoms with Gasteiger partial charge < -0.3 is 10.6 Å². The number of rotatable bonds is 2. The third-order valence-corrected chi connectivity index (χ3v) is 2.67. The van der Waals surface area contributed by atoms with Gasteiger partial charge in [0.25, 0.3) is 5.91 Å². The van der Waals surface area contributed by atoms with E-state index < -0.39 is 17.5 Å². The average Bonchev–Trinajstić information content (AvgIpc) is 2.41. The van der Waals surface area contributed by atoms with Crippen LogP contribution in [0.15, 0.2) is 36.5 Å². The van der Waals surface area contributed by atoms with Crippen molar-refractivity contribution in [1.29, 1.82) is 0 Å².